The highest BCUT2D eigenvalue weighted by Crippen LogP contribution is 2.20. The van der Waals surface area contributed by atoms with Crippen molar-refractivity contribution in [3.8, 4) is 0 Å². The third-order valence-corrected chi connectivity index (χ3v) is 2.04. The van der Waals surface area contributed by atoms with Crippen LogP contribution in [0.5, 0.6) is 0 Å². The van der Waals surface area contributed by atoms with Gasteiger partial charge in [-0.25, -0.2) is 0 Å². The van der Waals surface area contributed by atoms with E-state index in [1.807, 2.05) is 0 Å². The van der Waals surface area contributed by atoms with E-state index in [1.54, 1.807) is 30.3 Å². The molecule has 1 aromatic rings. The molecule has 0 atom stereocenters. The van der Waals surface area contributed by atoms with E-state index in [4.69, 9.17) is 5.73 Å². The van der Waals surface area contributed by atoms with Crippen LogP contribution in [0.2, 0.25) is 0 Å². The summed E-state index contributed by atoms with van der Waals surface area (Å²) >= 11 is 0. The molecule has 0 heterocycles. The smallest absolute Gasteiger partial charge is 0.330 e. The average molecular weight is 282 g/mol. The molecule has 3 nitrogen and oxygen atoms in total. The van der Waals surface area contributed by atoms with E-state index in [-0.39, 0.29) is 31.8 Å². The SMILES string of the molecule is Cl.NCCCC(=NNc1ccccc1)C(F)(F)F. The molecule has 0 amide bonds. The molecule has 18 heavy (non-hydrogen) atoms. The molecular weight excluding hydrogens is 267 g/mol. The molecule has 0 aliphatic heterocycles. The van der Waals surface area contributed by atoms with Crippen LogP contribution >= 0.6 is 12.4 Å². The van der Waals surface area contributed by atoms with E-state index >= 15 is 0 Å². The van der Waals surface area contributed by atoms with Crippen LogP contribution in [0.3, 0.4) is 0 Å². The molecule has 0 bridgehead atoms. The van der Waals surface area contributed by atoms with Gasteiger partial charge in [-0.3, -0.25) is 5.43 Å². The summed E-state index contributed by atoms with van der Waals surface area (Å²) in [5, 5.41) is 3.39. The molecule has 0 radical (unpaired) electrons. The van der Waals surface area contributed by atoms with Crippen LogP contribution in [0.4, 0.5) is 18.9 Å². The second kappa shape index (κ2) is 7.94. The lowest BCUT2D eigenvalue weighted by Gasteiger charge is -2.10. The fraction of sp³-hybridized carbons (Fsp3) is 0.364. The second-order valence-corrected chi connectivity index (χ2v) is 3.43. The molecule has 0 aliphatic carbocycles. The summed E-state index contributed by atoms with van der Waals surface area (Å²) in [7, 11) is 0. The molecule has 0 aromatic heterocycles. The minimum atomic E-state index is -4.42. The molecule has 0 fully saturated rings. The first-order chi connectivity index (χ1) is 8.04. The van der Waals surface area contributed by atoms with Crippen molar-refractivity contribution in [2.75, 3.05) is 12.0 Å². The van der Waals surface area contributed by atoms with Gasteiger partial charge in [-0.2, -0.15) is 18.3 Å². The average Bonchev–Trinajstić information content (AvgIpc) is 2.29. The first kappa shape index (κ1) is 16.7. The number of rotatable bonds is 5. The van der Waals surface area contributed by atoms with Crippen LogP contribution in [0.15, 0.2) is 35.4 Å². The first-order valence-electron chi connectivity index (χ1n) is 5.19. The molecule has 1 aromatic carbocycles. The van der Waals surface area contributed by atoms with Gasteiger partial charge in [0.1, 0.15) is 5.71 Å². The zero-order valence-corrected chi connectivity index (χ0v) is 10.4. The molecule has 7 heteroatoms. The van der Waals surface area contributed by atoms with Crippen molar-refractivity contribution < 1.29 is 13.2 Å². The number of alkyl halides is 3. The van der Waals surface area contributed by atoms with Crippen LogP contribution < -0.4 is 11.2 Å². The zero-order chi connectivity index (χ0) is 12.7. The van der Waals surface area contributed by atoms with Gasteiger partial charge < -0.3 is 5.73 Å². The number of nitrogens with two attached hydrogens (primary N) is 1. The summed E-state index contributed by atoms with van der Waals surface area (Å²) in [6.45, 7) is 0.209. The van der Waals surface area contributed by atoms with E-state index in [9.17, 15) is 13.2 Å². The van der Waals surface area contributed by atoms with Crippen molar-refractivity contribution in [1.29, 1.82) is 0 Å². The number of para-hydroxylation sites is 1. The van der Waals surface area contributed by atoms with Gasteiger partial charge in [-0.15, -0.1) is 12.4 Å². The van der Waals surface area contributed by atoms with Gasteiger partial charge in [-0.1, -0.05) is 18.2 Å². The van der Waals surface area contributed by atoms with Crippen molar-refractivity contribution in [1.82, 2.24) is 0 Å². The van der Waals surface area contributed by atoms with E-state index in [0.29, 0.717) is 5.69 Å². The molecule has 0 aliphatic rings. The summed E-state index contributed by atoms with van der Waals surface area (Å²) in [6, 6.07) is 8.48. The Balaban J connectivity index is 0.00000289. The van der Waals surface area contributed by atoms with E-state index in [2.05, 4.69) is 10.5 Å². The van der Waals surface area contributed by atoms with Crippen LogP contribution in [-0.4, -0.2) is 18.4 Å². The van der Waals surface area contributed by atoms with Crippen LogP contribution in [0.1, 0.15) is 12.8 Å². The second-order valence-electron chi connectivity index (χ2n) is 3.43. The number of hydrogen-bond donors (Lipinski definition) is 2. The van der Waals surface area contributed by atoms with Gasteiger partial charge in [0.2, 0.25) is 0 Å². The maximum Gasteiger partial charge on any atom is 0.431 e. The summed E-state index contributed by atoms with van der Waals surface area (Å²) in [6.07, 6.45) is -4.34. The van der Waals surface area contributed by atoms with Gasteiger partial charge in [0.15, 0.2) is 0 Å². The minimum Gasteiger partial charge on any atom is -0.330 e. The van der Waals surface area contributed by atoms with Gasteiger partial charge in [0.05, 0.1) is 5.69 Å². The van der Waals surface area contributed by atoms with Crippen LogP contribution in [0.25, 0.3) is 0 Å². The standard InChI is InChI=1S/C11H14F3N3.ClH/c12-11(13,14)10(7-4-8-15)17-16-9-5-2-1-3-6-9;/h1-3,5-6,16H,4,7-8,15H2;1H. The summed E-state index contributed by atoms with van der Waals surface area (Å²) in [5.74, 6) is 0. The number of benzene rings is 1. The summed E-state index contributed by atoms with van der Waals surface area (Å²) < 4.78 is 37.6. The highest BCUT2D eigenvalue weighted by Gasteiger charge is 2.35. The fourth-order valence-electron chi connectivity index (χ4n) is 1.18. The van der Waals surface area contributed by atoms with Crippen LogP contribution in [0, 0.1) is 0 Å². The van der Waals surface area contributed by atoms with E-state index in [1.165, 1.54) is 0 Å². The Bertz CT molecular complexity index is 366. The molecule has 0 saturated carbocycles. The Morgan fingerprint density at radius 1 is 1.22 bits per heavy atom. The van der Waals surface area contributed by atoms with Crippen molar-refractivity contribution >= 4 is 23.8 Å². The lowest BCUT2D eigenvalue weighted by atomic mass is 10.2. The maximum absolute atomic E-state index is 12.5. The molecule has 3 N–H and O–H groups in total. The Morgan fingerprint density at radius 3 is 2.33 bits per heavy atom. The lowest BCUT2D eigenvalue weighted by molar-refractivity contribution is -0.0606. The largest absolute Gasteiger partial charge is 0.431 e. The normalized spacial score (nSPS) is 11.9. The van der Waals surface area contributed by atoms with Gasteiger partial charge in [0, 0.05) is 0 Å². The van der Waals surface area contributed by atoms with Gasteiger partial charge >= 0.3 is 6.18 Å². The highest BCUT2D eigenvalue weighted by molar-refractivity contribution is 5.90. The summed E-state index contributed by atoms with van der Waals surface area (Å²) in [4.78, 5) is 0. The molecule has 0 saturated heterocycles. The Labute approximate surface area is 110 Å². The van der Waals surface area contributed by atoms with Crippen molar-refractivity contribution in [2.24, 2.45) is 10.8 Å². The van der Waals surface area contributed by atoms with Crippen LogP contribution in [-0.2, 0) is 0 Å². The highest BCUT2D eigenvalue weighted by atomic mass is 35.5. The molecule has 0 unspecified atom stereocenters. The number of hydrazone groups is 1. The molecule has 1 rings (SSSR count). The number of halogens is 4. The third-order valence-electron chi connectivity index (χ3n) is 2.04. The number of nitrogens with one attached hydrogen (secondary N) is 1. The predicted molar refractivity (Wildman–Crippen MR) is 69.1 cm³/mol. The van der Waals surface area contributed by atoms with E-state index < -0.39 is 11.9 Å². The zero-order valence-electron chi connectivity index (χ0n) is 9.57. The fourth-order valence-corrected chi connectivity index (χ4v) is 1.18. The van der Waals surface area contributed by atoms with Crippen molar-refractivity contribution in [2.45, 2.75) is 19.0 Å². The van der Waals surface area contributed by atoms with Gasteiger partial charge in [-0.05, 0) is 31.5 Å². The lowest BCUT2D eigenvalue weighted by Crippen LogP contribution is -2.25. The Kier molecular flexibility index (Phi) is 7.38. The topological polar surface area (TPSA) is 50.4 Å². The summed E-state index contributed by atoms with van der Waals surface area (Å²) in [5.41, 5.74) is 7.25. The number of anilines is 1. The quantitative estimate of drug-likeness (QED) is 0.643. The monoisotopic (exact) mass is 281 g/mol. The third kappa shape index (κ3) is 5.88. The minimum absolute atomic E-state index is 0. The maximum atomic E-state index is 12.5. The van der Waals surface area contributed by atoms with Crippen molar-refractivity contribution in [3.05, 3.63) is 30.3 Å². The number of hydrogen-bond acceptors (Lipinski definition) is 3. The first-order valence-corrected chi connectivity index (χ1v) is 5.19. The van der Waals surface area contributed by atoms with E-state index in [0.717, 1.165) is 0 Å². The Morgan fingerprint density at radius 2 is 1.83 bits per heavy atom. The Hall–Kier alpha value is -1.27. The molecule has 102 valence electrons. The molecule has 0 spiro atoms. The number of nitrogens with zero attached hydrogens (tertiary/aromatic N) is 1. The predicted octanol–water partition coefficient (Wildman–Crippen LogP) is 3.18. The molecular formula is C11H15ClF3N3. The van der Waals surface area contributed by atoms with Gasteiger partial charge in [0.25, 0.3) is 0 Å². The van der Waals surface area contributed by atoms with Crippen molar-refractivity contribution in [3.63, 3.8) is 0 Å².